The normalized spacial score (nSPS) is 11.1. The predicted molar refractivity (Wildman–Crippen MR) is 64.9 cm³/mol. The SMILES string of the molecule is CNS(=O)(=O)c1ccc(OCC(=O)OC)c(C)c1. The van der Waals surface area contributed by atoms with E-state index >= 15 is 0 Å². The molecule has 0 fully saturated rings. The van der Waals surface area contributed by atoms with E-state index in [1.165, 1.54) is 32.4 Å². The van der Waals surface area contributed by atoms with Gasteiger partial charge in [-0.05, 0) is 37.7 Å². The Labute approximate surface area is 106 Å². The van der Waals surface area contributed by atoms with Crippen LogP contribution in [0.1, 0.15) is 5.56 Å². The molecule has 6 nitrogen and oxygen atoms in total. The minimum Gasteiger partial charge on any atom is -0.482 e. The monoisotopic (exact) mass is 273 g/mol. The van der Waals surface area contributed by atoms with Crippen LogP contribution in [-0.4, -0.2) is 35.2 Å². The zero-order chi connectivity index (χ0) is 13.8. The molecule has 0 saturated carbocycles. The van der Waals surface area contributed by atoms with E-state index in [0.29, 0.717) is 11.3 Å². The van der Waals surface area contributed by atoms with Crippen LogP contribution in [0.4, 0.5) is 0 Å². The summed E-state index contributed by atoms with van der Waals surface area (Å²) in [7, 11) is -0.866. The molecule has 1 rings (SSSR count). The van der Waals surface area contributed by atoms with Gasteiger partial charge in [0.1, 0.15) is 5.75 Å². The molecule has 0 heterocycles. The summed E-state index contributed by atoms with van der Waals surface area (Å²) in [6.45, 7) is 1.48. The molecule has 0 aromatic heterocycles. The van der Waals surface area contributed by atoms with Crippen molar-refractivity contribution >= 4 is 16.0 Å². The van der Waals surface area contributed by atoms with Crippen LogP contribution in [0.3, 0.4) is 0 Å². The van der Waals surface area contributed by atoms with Crippen molar-refractivity contribution in [1.82, 2.24) is 4.72 Å². The Morgan fingerprint density at radius 3 is 2.56 bits per heavy atom. The van der Waals surface area contributed by atoms with E-state index in [2.05, 4.69) is 9.46 Å². The first-order valence-electron chi connectivity index (χ1n) is 5.14. The molecule has 0 aliphatic carbocycles. The minimum absolute atomic E-state index is 0.146. The average Bonchev–Trinajstić information content (AvgIpc) is 2.36. The number of carbonyl (C=O) groups excluding carboxylic acids is 1. The van der Waals surface area contributed by atoms with Gasteiger partial charge in [-0.15, -0.1) is 0 Å². The molecule has 1 aromatic rings. The molecule has 18 heavy (non-hydrogen) atoms. The van der Waals surface area contributed by atoms with Crippen LogP contribution < -0.4 is 9.46 Å². The van der Waals surface area contributed by atoms with Crippen molar-refractivity contribution in [3.8, 4) is 5.75 Å². The molecule has 1 aromatic carbocycles. The van der Waals surface area contributed by atoms with Gasteiger partial charge in [0, 0.05) is 0 Å². The lowest BCUT2D eigenvalue weighted by Crippen LogP contribution is -2.19. The number of aryl methyl sites for hydroxylation is 1. The van der Waals surface area contributed by atoms with Crippen molar-refractivity contribution < 1.29 is 22.7 Å². The molecule has 0 atom stereocenters. The summed E-state index contributed by atoms with van der Waals surface area (Å²) in [5.41, 5.74) is 0.621. The molecule has 0 saturated heterocycles. The number of nitrogens with one attached hydrogen (secondary N) is 1. The van der Waals surface area contributed by atoms with Crippen LogP contribution in [0.2, 0.25) is 0 Å². The molecule has 7 heteroatoms. The van der Waals surface area contributed by atoms with Gasteiger partial charge in [0.25, 0.3) is 0 Å². The lowest BCUT2D eigenvalue weighted by Gasteiger charge is -2.09. The first-order chi connectivity index (χ1) is 8.40. The van der Waals surface area contributed by atoms with E-state index in [9.17, 15) is 13.2 Å². The number of hydrogen-bond acceptors (Lipinski definition) is 5. The quantitative estimate of drug-likeness (QED) is 0.788. The molecule has 0 aliphatic rings. The second-order valence-corrected chi connectivity index (χ2v) is 5.39. The zero-order valence-electron chi connectivity index (χ0n) is 10.4. The Hall–Kier alpha value is -1.60. The van der Waals surface area contributed by atoms with Gasteiger partial charge in [-0.3, -0.25) is 0 Å². The van der Waals surface area contributed by atoms with Crippen molar-refractivity contribution in [3.05, 3.63) is 23.8 Å². The standard InChI is InChI=1S/C11H15NO5S/c1-8-6-9(18(14,15)12-2)4-5-10(8)17-7-11(13)16-3/h4-6,12H,7H2,1-3H3. The highest BCUT2D eigenvalue weighted by atomic mass is 32.2. The Morgan fingerprint density at radius 2 is 2.06 bits per heavy atom. The third-order valence-corrected chi connectivity index (χ3v) is 3.71. The van der Waals surface area contributed by atoms with Crippen molar-refractivity contribution in [1.29, 1.82) is 0 Å². The summed E-state index contributed by atoms with van der Waals surface area (Å²) in [5.74, 6) is -0.0585. The summed E-state index contributed by atoms with van der Waals surface area (Å²) in [6, 6.07) is 4.38. The van der Waals surface area contributed by atoms with Crippen LogP contribution in [-0.2, 0) is 19.6 Å². The Balaban J connectivity index is 2.90. The van der Waals surface area contributed by atoms with Gasteiger partial charge in [0.05, 0.1) is 12.0 Å². The van der Waals surface area contributed by atoms with E-state index in [0.717, 1.165) is 0 Å². The first kappa shape index (κ1) is 14.5. The fourth-order valence-electron chi connectivity index (χ4n) is 1.26. The van der Waals surface area contributed by atoms with Crippen LogP contribution >= 0.6 is 0 Å². The molecule has 0 unspecified atom stereocenters. The fraction of sp³-hybridized carbons (Fsp3) is 0.364. The van der Waals surface area contributed by atoms with Gasteiger partial charge >= 0.3 is 5.97 Å². The average molecular weight is 273 g/mol. The maximum atomic E-state index is 11.6. The molecular formula is C11H15NO5S. The third kappa shape index (κ3) is 3.44. The number of esters is 1. The van der Waals surface area contributed by atoms with E-state index in [-0.39, 0.29) is 11.5 Å². The van der Waals surface area contributed by atoms with E-state index in [4.69, 9.17) is 4.74 Å². The van der Waals surface area contributed by atoms with Gasteiger partial charge < -0.3 is 9.47 Å². The Morgan fingerprint density at radius 1 is 1.39 bits per heavy atom. The van der Waals surface area contributed by atoms with Gasteiger partial charge in [-0.1, -0.05) is 0 Å². The summed E-state index contributed by atoms with van der Waals surface area (Å²) < 4.78 is 35.0. The van der Waals surface area contributed by atoms with Gasteiger partial charge in [-0.2, -0.15) is 0 Å². The van der Waals surface area contributed by atoms with Crippen LogP contribution in [0.15, 0.2) is 23.1 Å². The van der Waals surface area contributed by atoms with Crippen molar-refractivity contribution in [2.45, 2.75) is 11.8 Å². The topological polar surface area (TPSA) is 81.7 Å². The summed E-state index contributed by atoms with van der Waals surface area (Å²) in [6.07, 6.45) is 0. The maximum absolute atomic E-state index is 11.6. The number of sulfonamides is 1. The van der Waals surface area contributed by atoms with Crippen LogP contribution in [0, 0.1) is 6.92 Å². The van der Waals surface area contributed by atoms with Gasteiger partial charge in [0.15, 0.2) is 6.61 Å². The van der Waals surface area contributed by atoms with Gasteiger partial charge in [-0.25, -0.2) is 17.9 Å². The number of carbonyl (C=O) groups is 1. The molecule has 0 amide bonds. The first-order valence-corrected chi connectivity index (χ1v) is 6.63. The summed E-state index contributed by atoms with van der Waals surface area (Å²) in [4.78, 5) is 11.1. The zero-order valence-corrected chi connectivity index (χ0v) is 11.2. The second kappa shape index (κ2) is 5.83. The molecule has 0 bridgehead atoms. The lowest BCUT2D eigenvalue weighted by molar-refractivity contribution is -0.142. The smallest absolute Gasteiger partial charge is 0.343 e. The summed E-state index contributed by atoms with van der Waals surface area (Å²) >= 11 is 0. The van der Waals surface area contributed by atoms with Crippen LogP contribution in [0.25, 0.3) is 0 Å². The highest BCUT2D eigenvalue weighted by molar-refractivity contribution is 7.89. The predicted octanol–water partition coefficient (Wildman–Crippen LogP) is 0.455. The highest BCUT2D eigenvalue weighted by Crippen LogP contribution is 2.21. The molecule has 0 radical (unpaired) electrons. The number of ether oxygens (including phenoxy) is 2. The van der Waals surface area contributed by atoms with E-state index in [1.54, 1.807) is 6.92 Å². The molecule has 0 aliphatic heterocycles. The second-order valence-electron chi connectivity index (χ2n) is 3.50. The van der Waals surface area contributed by atoms with Crippen molar-refractivity contribution in [3.63, 3.8) is 0 Å². The molecule has 1 N–H and O–H groups in total. The summed E-state index contributed by atoms with van der Waals surface area (Å²) in [5, 5.41) is 0. The largest absolute Gasteiger partial charge is 0.482 e. The third-order valence-electron chi connectivity index (χ3n) is 2.30. The van der Waals surface area contributed by atoms with Gasteiger partial charge in [0.2, 0.25) is 10.0 Å². The van der Waals surface area contributed by atoms with E-state index in [1.807, 2.05) is 0 Å². The Kier molecular flexibility index (Phi) is 4.69. The lowest BCUT2D eigenvalue weighted by atomic mass is 10.2. The number of benzene rings is 1. The molecular weight excluding hydrogens is 258 g/mol. The van der Waals surface area contributed by atoms with Crippen LogP contribution in [0.5, 0.6) is 5.75 Å². The number of rotatable bonds is 5. The fourth-order valence-corrected chi connectivity index (χ4v) is 2.08. The number of hydrogen-bond donors (Lipinski definition) is 1. The Bertz CT molecular complexity index is 538. The highest BCUT2D eigenvalue weighted by Gasteiger charge is 2.13. The minimum atomic E-state index is -3.47. The van der Waals surface area contributed by atoms with Crippen molar-refractivity contribution in [2.24, 2.45) is 0 Å². The molecule has 0 spiro atoms. The molecule has 100 valence electrons. The number of methoxy groups -OCH3 is 1. The van der Waals surface area contributed by atoms with E-state index < -0.39 is 16.0 Å². The maximum Gasteiger partial charge on any atom is 0.343 e. The van der Waals surface area contributed by atoms with Crippen molar-refractivity contribution in [2.75, 3.05) is 20.8 Å².